The summed E-state index contributed by atoms with van der Waals surface area (Å²) in [5.41, 5.74) is 4.31. The Hall–Kier alpha value is -2.40. The third kappa shape index (κ3) is 3.83. The first-order valence-corrected chi connectivity index (χ1v) is 10.2. The van der Waals surface area contributed by atoms with Crippen molar-refractivity contribution in [2.45, 2.75) is 39.0 Å². The van der Waals surface area contributed by atoms with E-state index < -0.39 is 0 Å². The SMILES string of the molecule is C=C(CC)c1ccc2c(c1)[nH]c1ncnc(NCCCN3CCCCC3)c12. The van der Waals surface area contributed by atoms with Crippen LogP contribution in [0.25, 0.3) is 27.5 Å². The van der Waals surface area contributed by atoms with Crippen LogP contribution in [0.5, 0.6) is 0 Å². The first-order chi connectivity index (χ1) is 13.3. The van der Waals surface area contributed by atoms with E-state index in [1.165, 1.54) is 37.9 Å². The highest BCUT2D eigenvalue weighted by atomic mass is 15.1. The van der Waals surface area contributed by atoms with E-state index in [1.807, 2.05) is 0 Å². The summed E-state index contributed by atoms with van der Waals surface area (Å²) in [6.07, 6.45) is 7.81. The lowest BCUT2D eigenvalue weighted by Gasteiger charge is -2.26. The molecule has 0 amide bonds. The van der Waals surface area contributed by atoms with E-state index in [-0.39, 0.29) is 0 Å². The predicted octanol–water partition coefficient (Wildman–Crippen LogP) is 4.82. The standard InChI is InChI=1S/C22H29N5/c1-3-16(2)17-8-9-18-19(14-17)26-22-20(18)21(24-15-25-22)23-10-7-13-27-11-5-4-6-12-27/h8-9,14-15H,2-7,10-13H2,1H3,(H2,23,24,25,26). The number of piperidine rings is 1. The Kier molecular flexibility index (Phi) is 5.39. The molecule has 142 valence electrons. The molecule has 5 heteroatoms. The van der Waals surface area contributed by atoms with E-state index in [1.54, 1.807) is 6.33 Å². The van der Waals surface area contributed by atoms with Gasteiger partial charge in [0, 0.05) is 17.4 Å². The van der Waals surface area contributed by atoms with E-state index in [0.29, 0.717) is 0 Å². The van der Waals surface area contributed by atoms with Gasteiger partial charge in [0.05, 0.1) is 5.39 Å². The maximum absolute atomic E-state index is 4.51. The number of hydrogen-bond acceptors (Lipinski definition) is 4. The zero-order chi connectivity index (χ0) is 18.6. The van der Waals surface area contributed by atoms with Crippen LogP contribution in [0.15, 0.2) is 31.1 Å². The molecule has 0 atom stereocenters. The second-order valence-corrected chi connectivity index (χ2v) is 7.47. The summed E-state index contributed by atoms with van der Waals surface area (Å²) in [4.78, 5) is 15.0. The molecule has 0 unspecified atom stereocenters. The van der Waals surface area contributed by atoms with Gasteiger partial charge in [0.25, 0.3) is 0 Å². The third-order valence-electron chi connectivity index (χ3n) is 5.62. The number of likely N-dealkylation sites (tertiary alicyclic amines) is 1. The second-order valence-electron chi connectivity index (χ2n) is 7.47. The van der Waals surface area contributed by atoms with E-state index in [4.69, 9.17) is 0 Å². The van der Waals surface area contributed by atoms with Crippen LogP contribution in [0.2, 0.25) is 0 Å². The molecule has 2 aromatic heterocycles. The van der Waals surface area contributed by atoms with Crippen LogP contribution in [-0.2, 0) is 0 Å². The van der Waals surface area contributed by atoms with Crippen LogP contribution >= 0.6 is 0 Å². The fourth-order valence-electron chi connectivity index (χ4n) is 3.98. The fourth-order valence-corrected chi connectivity index (χ4v) is 3.98. The average molecular weight is 364 g/mol. The molecule has 0 spiro atoms. The molecule has 5 nitrogen and oxygen atoms in total. The van der Waals surface area contributed by atoms with Crippen molar-refractivity contribution in [1.82, 2.24) is 19.9 Å². The van der Waals surface area contributed by atoms with Crippen LogP contribution in [0, 0.1) is 0 Å². The topological polar surface area (TPSA) is 56.8 Å². The van der Waals surface area contributed by atoms with Crippen molar-refractivity contribution in [2.24, 2.45) is 0 Å². The number of anilines is 1. The summed E-state index contributed by atoms with van der Waals surface area (Å²) >= 11 is 0. The molecular weight excluding hydrogens is 334 g/mol. The molecule has 3 aromatic rings. The number of aromatic amines is 1. The molecule has 1 aromatic carbocycles. The van der Waals surface area contributed by atoms with Crippen LogP contribution in [0.3, 0.4) is 0 Å². The molecule has 0 aliphatic carbocycles. The molecule has 0 saturated carbocycles. The molecule has 1 fully saturated rings. The summed E-state index contributed by atoms with van der Waals surface area (Å²) in [6, 6.07) is 6.48. The average Bonchev–Trinajstić information content (AvgIpc) is 3.09. The molecular formula is C22H29N5. The molecule has 0 bridgehead atoms. The monoisotopic (exact) mass is 363 g/mol. The maximum Gasteiger partial charge on any atom is 0.143 e. The molecule has 0 radical (unpaired) electrons. The van der Waals surface area contributed by atoms with Gasteiger partial charge in [-0.3, -0.25) is 0 Å². The Balaban J connectivity index is 1.51. The molecule has 1 saturated heterocycles. The summed E-state index contributed by atoms with van der Waals surface area (Å²) in [7, 11) is 0. The first kappa shape index (κ1) is 18.0. The minimum absolute atomic E-state index is 0.887. The van der Waals surface area contributed by atoms with Gasteiger partial charge < -0.3 is 15.2 Å². The van der Waals surface area contributed by atoms with E-state index >= 15 is 0 Å². The summed E-state index contributed by atoms with van der Waals surface area (Å²) in [6.45, 7) is 10.9. The van der Waals surface area contributed by atoms with Crippen LogP contribution in [0.1, 0.15) is 44.6 Å². The molecule has 27 heavy (non-hydrogen) atoms. The van der Waals surface area contributed by atoms with Crippen LogP contribution < -0.4 is 5.32 Å². The second kappa shape index (κ2) is 8.09. The van der Waals surface area contributed by atoms with Crippen molar-refractivity contribution in [2.75, 3.05) is 31.5 Å². The zero-order valence-corrected chi connectivity index (χ0v) is 16.2. The smallest absolute Gasteiger partial charge is 0.143 e. The lowest BCUT2D eigenvalue weighted by atomic mass is 10.0. The number of hydrogen-bond donors (Lipinski definition) is 2. The van der Waals surface area contributed by atoms with Gasteiger partial charge in [-0.1, -0.05) is 32.1 Å². The van der Waals surface area contributed by atoms with Gasteiger partial charge >= 0.3 is 0 Å². The molecule has 1 aliphatic rings. The van der Waals surface area contributed by atoms with Gasteiger partial charge in [0.15, 0.2) is 0 Å². The number of nitrogens with zero attached hydrogens (tertiary/aromatic N) is 3. The number of allylic oxidation sites excluding steroid dienone is 1. The van der Waals surface area contributed by atoms with Gasteiger partial charge in [-0.2, -0.15) is 0 Å². The molecule has 1 aliphatic heterocycles. The van der Waals surface area contributed by atoms with Crippen molar-refractivity contribution < 1.29 is 0 Å². The Labute approximate surface area is 160 Å². The number of nitrogens with one attached hydrogen (secondary N) is 2. The van der Waals surface area contributed by atoms with E-state index in [0.717, 1.165) is 59.3 Å². The lowest BCUT2D eigenvalue weighted by molar-refractivity contribution is 0.228. The largest absolute Gasteiger partial charge is 0.369 e. The molecule has 4 rings (SSSR count). The van der Waals surface area contributed by atoms with Crippen molar-refractivity contribution in [1.29, 1.82) is 0 Å². The third-order valence-corrected chi connectivity index (χ3v) is 5.62. The van der Waals surface area contributed by atoms with Gasteiger partial charge in [-0.05, 0) is 62.5 Å². The Morgan fingerprint density at radius 3 is 2.89 bits per heavy atom. The summed E-state index contributed by atoms with van der Waals surface area (Å²) in [5.74, 6) is 0.923. The van der Waals surface area contributed by atoms with Gasteiger partial charge in [0.2, 0.25) is 0 Å². The van der Waals surface area contributed by atoms with Gasteiger partial charge in [-0.15, -0.1) is 0 Å². The highest BCUT2D eigenvalue weighted by Gasteiger charge is 2.13. The fraction of sp³-hybridized carbons (Fsp3) is 0.455. The highest BCUT2D eigenvalue weighted by Crippen LogP contribution is 2.31. The van der Waals surface area contributed by atoms with Crippen molar-refractivity contribution in [3.05, 3.63) is 36.7 Å². The Bertz CT molecular complexity index is 936. The number of H-pyrrole nitrogens is 1. The zero-order valence-electron chi connectivity index (χ0n) is 16.2. The van der Waals surface area contributed by atoms with E-state index in [2.05, 4.69) is 56.9 Å². The van der Waals surface area contributed by atoms with Gasteiger partial charge in [-0.25, -0.2) is 9.97 Å². The van der Waals surface area contributed by atoms with Crippen LogP contribution in [0.4, 0.5) is 5.82 Å². The number of aromatic nitrogens is 3. The van der Waals surface area contributed by atoms with Gasteiger partial charge in [0.1, 0.15) is 17.8 Å². The molecule has 3 heterocycles. The minimum Gasteiger partial charge on any atom is -0.369 e. The number of benzene rings is 1. The first-order valence-electron chi connectivity index (χ1n) is 10.2. The predicted molar refractivity (Wildman–Crippen MR) is 114 cm³/mol. The number of rotatable bonds is 7. The number of fused-ring (bicyclic) bond motifs is 3. The van der Waals surface area contributed by atoms with Crippen molar-refractivity contribution in [3.63, 3.8) is 0 Å². The highest BCUT2D eigenvalue weighted by molar-refractivity contribution is 6.11. The Morgan fingerprint density at radius 2 is 2.07 bits per heavy atom. The Morgan fingerprint density at radius 1 is 1.22 bits per heavy atom. The molecule has 2 N–H and O–H groups in total. The van der Waals surface area contributed by atoms with Crippen molar-refractivity contribution >= 4 is 33.3 Å². The lowest BCUT2D eigenvalue weighted by Crippen LogP contribution is -2.31. The minimum atomic E-state index is 0.887. The summed E-state index contributed by atoms with van der Waals surface area (Å²) < 4.78 is 0. The normalized spacial score (nSPS) is 15.4. The maximum atomic E-state index is 4.51. The summed E-state index contributed by atoms with van der Waals surface area (Å²) in [5, 5.41) is 5.78. The van der Waals surface area contributed by atoms with Crippen molar-refractivity contribution in [3.8, 4) is 0 Å². The quantitative estimate of drug-likeness (QED) is 0.591. The van der Waals surface area contributed by atoms with E-state index in [9.17, 15) is 0 Å². The van der Waals surface area contributed by atoms with Crippen LogP contribution in [-0.4, -0.2) is 46.0 Å².